The van der Waals surface area contributed by atoms with Gasteiger partial charge < -0.3 is 14.6 Å². The number of rotatable bonds is 3. The first-order valence-corrected chi connectivity index (χ1v) is 8.31. The van der Waals surface area contributed by atoms with Crippen molar-refractivity contribution >= 4 is 14.0 Å². The fraction of sp³-hybridized carbons (Fsp3) is 0.500. The van der Waals surface area contributed by atoms with E-state index in [1.165, 1.54) is 0 Å². The van der Waals surface area contributed by atoms with E-state index in [0.717, 1.165) is 7.11 Å². The molecule has 0 bridgehead atoms. The number of hydrogen-bond donors (Lipinski definition) is 1. The van der Waals surface area contributed by atoms with Gasteiger partial charge >= 0.3 is 17.6 Å². The second-order valence-corrected chi connectivity index (χ2v) is 8.84. The topological polar surface area (TPSA) is 83.9 Å². The molecular formula is C10H15N2O4Si+. The molecular weight excluding hydrogens is 240 g/mol. The minimum atomic E-state index is -1.50. The molecule has 0 radical (unpaired) electrons. The third-order valence-electron chi connectivity index (χ3n) is 1.43. The van der Waals surface area contributed by atoms with Crippen molar-refractivity contribution in [2.45, 2.75) is 19.6 Å². The number of nitrogens with zero attached hydrogens (tertiary/aromatic N) is 2. The molecule has 0 fully saturated rings. The highest BCUT2D eigenvalue weighted by molar-refractivity contribution is 6.83. The molecule has 0 spiro atoms. The molecule has 6 nitrogen and oxygen atoms in total. The Kier molecular flexibility index (Phi) is 5.79. The van der Waals surface area contributed by atoms with E-state index in [2.05, 4.69) is 25.9 Å². The molecule has 0 aromatic carbocycles. The van der Waals surface area contributed by atoms with E-state index in [9.17, 15) is 4.79 Å². The summed E-state index contributed by atoms with van der Waals surface area (Å²) in [5.41, 5.74) is 2.29. The summed E-state index contributed by atoms with van der Waals surface area (Å²) in [6, 6.07) is 0. The highest BCUT2D eigenvalue weighted by atomic mass is 28.3. The van der Waals surface area contributed by atoms with Gasteiger partial charge in [0, 0.05) is 0 Å². The molecule has 17 heavy (non-hydrogen) atoms. The molecule has 7 heteroatoms. The average molecular weight is 255 g/mol. The number of hydrogen-bond acceptors (Lipinski definition) is 5. The van der Waals surface area contributed by atoms with Crippen LogP contribution in [0.4, 0.5) is 0 Å². The lowest BCUT2D eigenvalue weighted by molar-refractivity contribution is -0.137. The molecule has 0 amide bonds. The maximum absolute atomic E-state index is 11.3. The van der Waals surface area contributed by atoms with E-state index in [-0.39, 0.29) is 6.61 Å². The first-order valence-electron chi connectivity index (χ1n) is 4.81. The molecule has 0 aromatic rings. The van der Waals surface area contributed by atoms with Gasteiger partial charge in [-0.05, 0) is 0 Å². The van der Waals surface area contributed by atoms with Gasteiger partial charge in [-0.2, -0.15) is 0 Å². The third kappa shape index (κ3) is 6.23. The van der Waals surface area contributed by atoms with E-state index in [1.54, 1.807) is 0 Å². The SMILES string of the molecule is CO/C(O)=C(\[N+]#N)C(=O)OCC#C[Si](C)(C)C. The minimum absolute atomic E-state index is 0.126. The minimum Gasteiger partial charge on any atom is -0.475 e. The highest BCUT2D eigenvalue weighted by Gasteiger charge is 2.32. The summed E-state index contributed by atoms with van der Waals surface area (Å²) in [7, 11) is -0.381. The van der Waals surface area contributed by atoms with E-state index in [0.29, 0.717) is 0 Å². The van der Waals surface area contributed by atoms with Crippen LogP contribution in [-0.2, 0) is 14.3 Å². The summed E-state index contributed by atoms with van der Waals surface area (Å²) in [4.78, 5) is 13.8. The summed E-state index contributed by atoms with van der Waals surface area (Å²) in [5, 5.41) is 17.5. The number of carbonyl (C=O) groups is 1. The molecule has 0 unspecified atom stereocenters. The van der Waals surface area contributed by atoms with E-state index >= 15 is 0 Å². The molecule has 0 aliphatic heterocycles. The van der Waals surface area contributed by atoms with Crippen LogP contribution in [0.25, 0.3) is 4.98 Å². The summed E-state index contributed by atoms with van der Waals surface area (Å²) in [6.45, 7) is 6.02. The summed E-state index contributed by atoms with van der Waals surface area (Å²) < 4.78 is 9.01. The Morgan fingerprint density at radius 1 is 1.47 bits per heavy atom. The number of aliphatic hydroxyl groups is 1. The molecule has 0 aliphatic rings. The lowest BCUT2D eigenvalue weighted by atomic mass is 10.5. The zero-order chi connectivity index (χ0) is 13.5. The molecule has 92 valence electrons. The lowest BCUT2D eigenvalue weighted by Crippen LogP contribution is -2.17. The Labute approximate surface area is 101 Å². The number of diazo groups is 1. The van der Waals surface area contributed by atoms with E-state index in [1.807, 2.05) is 19.6 Å². The van der Waals surface area contributed by atoms with Crippen LogP contribution in [-0.4, -0.2) is 32.9 Å². The molecule has 0 rings (SSSR count). The standard InChI is InChI=1S/C10H14N2O4Si/c1-15-9(13)8(12-11)10(14)16-6-5-7-17(2,3)4/h6H2,1-4H3/p+1. The van der Waals surface area contributed by atoms with E-state index in [4.69, 9.17) is 10.5 Å². The predicted molar refractivity (Wildman–Crippen MR) is 63.8 cm³/mol. The van der Waals surface area contributed by atoms with Gasteiger partial charge in [-0.15, -0.1) is 5.54 Å². The van der Waals surface area contributed by atoms with Crippen LogP contribution in [0.3, 0.4) is 0 Å². The van der Waals surface area contributed by atoms with Crippen molar-refractivity contribution in [1.82, 2.24) is 0 Å². The fourth-order valence-corrected chi connectivity index (χ4v) is 1.34. The molecule has 0 heterocycles. The molecule has 0 saturated carbocycles. The number of carbonyl (C=O) groups excluding carboxylic acids is 1. The van der Waals surface area contributed by atoms with Crippen LogP contribution < -0.4 is 0 Å². The van der Waals surface area contributed by atoms with E-state index < -0.39 is 25.7 Å². The number of methoxy groups -OCH3 is 1. The Bertz CT molecular complexity index is 420. The van der Waals surface area contributed by atoms with Gasteiger partial charge in [0.1, 0.15) is 8.07 Å². The van der Waals surface area contributed by atoms with Crippen molar-refractivity contribution in [1.29, 1.82) is 5.39 Å². The molecule has 0 aromatic heterocycles. The van der Waals surface area contributed by atoms with Gasteiger partial charge in [0.05, 0.1) is 7.11 Å². The fourth-order valence-electron chi connectivity index (χ4n) is 0.739. The summed E-state index contributed by atoms with van der Waals surface area (Å²) in [6.07, 6.45) is 0. The number of esters is 1. The maximum Gasteiger partial charge on any atom is 0.547 e. The Hall–Kier alpha value is -1.99. The maximum atomic E-state index is 11.3. The smallest absolute Gasteiger partial charge is 0.475 e. The van der Waals surface area contributed by atoms with Crippen molar-refractivity contribution in [2.24, 2.45) is 0 Å². The second-order valence-electron chi connectivity index (χ2n) is 4.09. The van der Waals surface area contributed by atoms with Gasteiger partial charge in [0.15, 0.2) is 11.6 Å². The van der Waals surface area contributed by atoms with Crippen molar-refractivity contribution in [2.75, 3.05) is 13.7 Å². The van der Waals surface area contributed by atoms with Crippen molar-refractivity contribution in [3.05, 3.63) is 16.6 Å². The van der Waals surface area contributed by atoms with Gasteiger partial charge in [0.25, 0.3) is 0 Å². The highest BCUT2D eigenvalue weighted by Crippen LogP contribution is 2.06. The number of ether oxygens (including phenoxy) is 2. The normalized spacial score (nSPS) is 11.5. The second kappa shape index (κ2) is 6.56. The van der Waals surface area contributed by atoms with Crippen molar-refractivity contribution in [3.8, 4) is 11.5 Å². The molecule has 0 aliphatic carbocycles. The average Bonchev–Trinajstić information content (AvgIpc) is 2.23. The van der Waals surface area contributed by atoms with Gasteiger partial charge in [-0.3, -0.25) is 0 Å². The van der Waals surface area contributed by atoms with Crippen LogP contribution in [0.15, 0.2) is 11.6 Å². The van der Waals surface area contributed by atoms with Crippen LogP contribution in [0.1, 0.15) is 0 Å². The van der Waals surface area contributed by atoms with Gasteiger partial charge in [-0.1, -0.05) is 25.6 Å². The van der Waals surface area contributed by atoms with Crippen LogP contribution in [0.5, 0.6) is 0 Å². The van der Waals surface area contributed by atoms with Crippen molar-refractivity contribution < 1.29 is 19.4 Å². The summed E-state index contributed by atoms with van der Waals surface area (Å²) >= 11 is 0. The van der Waals surface area contributed by atoms with Crippen LogP contribution in [0, 0.1) is 16.9 Å². The van der Waals surface area contributed by atoms with Crippen LogP contribution in [0.2, 0.25) is 19.6 Å². The first kappa shape index (κ1) is 15.0. The largest absolute Gasteiger partial charge is 0.547 e. The Balaban J connectivity index is 4.48. The van der Waals surface area contributed by atoms with Crippen molar-refractivity contribution in [3.63, 3.8) is 0 Å². The lowest BCUT2D eigenvalue weighted by Gasteiger charge is -2.03. The van der Waals surface area contributed by atoms with Gasteiger partial charge in [0.2, 0.25) is 5.39 Å². The molecule has 0 atom stereocenters. The monoisotopic (exact) mass is 255 g/mol. The number of aliphatic hydroxyl groups excluding tert-OH is 1. The molecule has 1 N–H and O–H groups in total. The Morgan fingerprint density at radius 3 is 2.47 bits per heavy atom. The Morgan fingerprint density at radius 2 is 2.06 bits per heavy atom. The predicted octanol–water partition coefficient (Wildman–Crippen LogP) is 1.64. The quantitative estimate of drug-likeness (QED) is 0.207. The molecule has 0 saturated heterocycles. The van der Waals surface area contributed by atoms with Gasteiger partial charge in [-0.25, -0.2) is 4.79 Å². The zero-order valence-corrected chi connectivity index (χ0v) is 11.3. The third-order valence-corrected chi connectivity index (χ3v) is 2.35. The first-order chi connectivity index (χ1) is 7.81. The zero-order valence-electron chi connectivity index (χ0n) is 10.3. The summed E-state index contributed by atoms with van der Waals surface area (Å²) in [5.74, 6) is 0.880. The van der Waals surface area contributed by atoms with Crippen LogP contribution >= 0.6 is 0 Å².